The molecule has 0 saturated carbocycles. The lowest BCUT2D eigenvalue weighted by Gasteiger charge is -2.29. The maximum atomic E-state index is 13.6. The van der Waals surface area contributed by atoms with Gasteiger partial charge in [-0.1, -0.05) is 0 Å². The quantitative estimate of drug-likeness (QED) is 0.273. The van der Waals surface area contributed by atoms with Crippen LogP contribution in [0.2, 0.25) is 0 Å². The van der Waals surface area contributed by atoms with Crippen LogP contribution in [0.3, 0.4) is 0 Å². The minimum absolute atomic E-state index is 0.0300. The lowest BCUT2D eigenvalue weighted by Crippen LogP contribution is -2.42. The Hall–Kier alpha value is -3.17. The Morgan fingerprint density at radius 2 is 1.85 bits per heavy atom. The molecule has 3 rings (SSSR count). The van der Waals surface area contributed by atoms with Crippen LogP contribution in [0.1, 0.15) is 56.1 Å². The molecular weight excluding hydrogens is 430 g/mol. The van der Waals surface area contributed by atoms with E-state index >= 15 is 0 Å². The molecule has 1 aliphatic heterocycles. The highest BCUT2D eigenvalue weighted by molar-refractivity contribution is 6.31. The van der Waals surface area contributed by atoms with Crippen LogP contribution in [-0.4, -0.2) is 58.0 Å². The average molecular weight is 459 g/mol. The van der Waals surface area contributed by atoms with E-state index in [2.05, 4.69) is 5.32 Å². The fourth-order valence-corrected chi connectivity index (χ4v) is 4.08. The van der Waals surface area contributed by atoms with E-state index in [1.54, 1.807) is 6.92 Å². The first kappa shape index (κ1) is 24.5. The van der Waals surface area contributed by atoms with Gasteiger partial charge < -0.3 is 30.1 Å². The summed E-state index contributed by atoms with van der Waals surface area (Å²) in [5.74, 6) is -2.73. The van der Waals surface area contributed by atoms with Gasteiger partial charge in [0, 0.05) is 23.9 Å². The number of phenolic OH excluding ortho intramolecular Hbond substituents is 2. The van der Waals surface area contributed by atoms with Crippen molar-refractivity contribution in [3.8, 4) is 17.2 Å². The number of fused-ring (bicyclic) bond motifs is 3. The number of aliphatic hydroxyl groups is 1. The Balaban J connectivity index is 2.05. The Bertz CT molecular complexity index is 1110. The number of ether oxygens (including phenoxy) is 2. The molecule has 0 fully saturated rings. The van der Waals surface area contributed by atoms with Crippen molar-refractivity contribution in [1.82, 2.24) is 5.32 Å². The lowest BCUT2D eigenvalue weighted by atomic mass is 9.70. The molecule has 1 heterocycles. The summed E-state index contributed by atoms with van der Waals surface area (Å²) >= 11 is 0. The molecule has 1 aromatic carbocycles. The molecule has 9 heteroatoms. The largest absolute Gasteiger partial charge is 0.507 e. The number of Topliss-reactive ketones (excluding diaryl/α,β-unsaturated/α-hetero) is 2. The second-order valence-electron chi connectivity index (χ2n) is 8.80. The number of benzene rings is 1. The molecule has 0 bridgehead atoms. The summed E-state index contributed by atoms with van der Waals surface area (Å²) in [5.41, 5.74) is -1.57. The summed E-state index contributed by atoms with van der Waals surface area (Å²) in [5, 5.41) is 34.2. The predicted octanol–water partition coefficient (Wildman–Crippen LogP) is 1.94. The van der Waals surface area contributed by atoms with Crippen molar-refractivity contribution in [3.05, 3.63) is 39.8 Å². The van der Waals surface area contributed by atoms with Crippen molar-refractivity contribution in [3.63, 3.8) is 0 Å². The zero-order valence-electron chi connectivity index (χ0n) is 19.5. The van der Waals surface area contributed by atoms with Gasteiger partial charge >= 0.3 is 0 Å². The predicted molar refractivity (Wildman–Crippen MR) is 118 cm³/mol. The molecule has 2 atom stereocenters. The molecule has 33 heavy (non-hydrogen) atoms. The number of carbonyl (C=O) groups is 3. The van der Waals surface area contributed by atoms with Gasteiger partial charge in [-0.15, -0.1) is 0 Å². The van der Waals surface area contributed by atoms with E-state index < -0.39 is 34.6 Å². The maximum absolute atomic E-state index is 13.6. The monoisotopic (exact) mass is 459 g/mol. The first-order chi connectivity index (χ1) is 15.3. The maximum Gasteiger partial charge on any atom is 0.194 e. The number of aliphatic hydroxyl groups excluding tert-OH is 1. The third kappa shape index (κ3) is 3.91. The summed E-state index contributed by atoms with van der Waals surface area (Å²) < 4.78 is 11.1. The summed E-state index contributed by atoms with van der Waals surface area (Å²) in [4.78, 5) is 38.7. The average Bonchev–Trinajstić information content (AvgIpc) is 3.02. The van der Waals surface area contributed by atoms with E-state index in [1.807, 2.05) is 13.8 Å². The van der Waals surface area contributed by atoms with Gasteiger partial charge in [0.05, 0.1) is 30.0 Å². The Labute approximate surface area is 191 Å². The van der Waals surface area contributed by atoms with Crippen LogP contribution in [0.15, 0.2) is 23.1 Å². The smallest absolute Gasteiger partial charge is 0.194 e. The van der Waals surface area contributed by atoms with E-state index in [0.29, 0.717) is 0 Å². The molecule has 0 saturated heterocycles. The topological polar surface area (TPSA) is 142 Å². The molecule has 4 N–H and O–H groups in total. The standard InChI is InChI=1S/C24H29NO8/c1-10(2)32-9-14(27)8-25-12(4)17-15(28)7-16-24(6,23(17)31)19-21(30)11(3)20(29)18(13(5)26)22(19)33-16/h7,10,14,25,27,29-30H,8-9H2,1-6H3/b17-12+/t14?,24-/m0/s1. The Morgan fingerprint density at radius 1 is 1.21 bits per heavy atom. The van der Waals surface area contributed by atoms with Crippen LogP contribution in [0.4, 0.5) is 0 Å². The van der Waals surface area contributed by atoms with E-state index in [9.17, 15) is 29.7 Å². The van der Waals surface area contributed by atoms with Crippen LogP contribution in [-0.2, 0) is 19.7 Å². The third-order valence-electron chi connectivity index (χ3n) is 5.98. The molecule has 0 aromatic heterocycles. The fourth-order valence-electron chi connectivity index (χ4n) is 4.08. The van der Waals surface area contributed by atoms with E-state index in [1.165, 1.54) is 20.8 Å². The number of hydrogen-bond donors (Lipinski definition) is 4. The number of ketones is 3. The molecule has 1 aliphatic carbocycles. The first-order valence-electron chi connectivity index (χ1n) is 10.7. The minimum Gasteiger partial charge on any atom is -0.507 e. The fraction of sp³-hybridized carbons (Fsp3) is 0.458. The van der Waals surface area contributed by atoms with Gasteiger partial charge in [0.15, 0.2) is 17.3 Å². The molecular formula is C24H29NO8. The zero-order chi connectivity index (χ0) is 24.8. The second kappa shape index (κ2) is 8.64. The molecule has 178 valence electrons. The van der Waals surface area contributed by atoms with Crippen LogP contribution in [0.5, 0.6) is 17.2 Å². The zero-order valence-corrected chi connectivity index (χ0v) is 19.5. The Kier molecular flexibility index (Phi) is 6.41. The van der Waals surface area contributed by atoms with Gasteiger partial charge in [0.2, 0.25) is 0 Å². The van der Waals surface area contributed by atoms with E-state index in [0.717, 1.165) is 6.08 Å². The van der Waals surface area contributed by atoms with E-state index in [-0.39, 0.29) is 64.5 Å². The molecule has 0 spiro atoms. The van der Waals surface area contributed by atoms with Crippen molar-refractivity contribution in [2.75, 3.05) is 13.2 Å². The molecule has 1 aromatic rings. The molecule has 0 radical (unpaired) electrons. The van der Waals surface area contributed by atoms with Gasteiger partial charge in [-0.05, 0) is 41.5 Å². The molecule has 9 nitrogen and oxygen atoms in total. The number of nitrogens with one attached hydrogen (secondary N) is 1. The molecule has 0 amide bonds. The number of rotatable bonds is 7. The van der Waals surface area contributed by atoms with Gasteiger partial charge in [-0.2, -0.15) is 0 Å². The third-order valence-corrected chi connectivity index (χ3v) is 5.98. The number of phenols is 2. The van der Waals surface area contributed by atoms with Crippen molar-refractivity contribution in [2.24, 2.45) is 0 Å². The highest BCUT2D eigenvalue weighted by Crippen LogP contribution is 2.57. The minimum atomic E-state index is -1.58. The first-order valence-corrected chi connectivity index (χ1v) is 10.7. The van der Waals surface area contributed by atoms with Gasteiger partial charge in [-0.3, -0.25) is 14.4 Å². The van der Waals surface area contributed by atoms with Crippen molar-refractivity contribution >= 4 is 17.3 Å². The van der Waals surface area contributed by atoms with Crippen LogP contribution < -0.4 is 10.1 Å². The summed E-state index contributed by atoms with van der Waals surface area (Å²) in [6.45, 7) is 9.51. The van der Waals surface area contributed by atoms with Gasteiger partial charge in [0.1, 0.15) is 34.0 Å². The number of hydrogen-bond acceptors (Lipinski definition) is 9. The van der Waals surface area contributed by atoms with Gasteiger partial charge in [0.25, 0.3) is 0 Å². The lowest BCUT2D eigenvalue weighted by molar-refractivity contribution is -0.123. The van der Waals surface area contributed by atoms with Crippen molar-refractivity contribution in [2.45, 2.75) is 59.2 Å². The number of carbonyl (C=O) groups excluding carboxylic acids is 3. The second-order valence-corrected chi connectivity index (χ2v) is 8.80. The molecule has 2 aliphatic rings. The van der Waals surface area contributed by atoms with Crippen LogP contribution in [0.25, 0.3) is 0 Å². The Morgan fingerprint density at radius 3 is 2.42 bits per heavy atom. The van der Waals surface area contributed by atoms with Gasteiger partial charge in [-0.25, -0.2) is 0 Å². The number of allylic oxidation sites excluding steroid dienone is 4. The molecule has 1 unspecified atom stereocenters. The number of aromatic hydroxyl groups is 2. The van der Waals surface area contributed by atoms with Crippen molar-refractivity contribution < 1.29 is 39.2 Å². The van der Waals surface area contributed by atoms with Crippen LogP contribution in [0, 0.1) is 6.92 Å². The highest BCUT2D eigenvalue weighted by Gasteiger charge is 2.56. The van der Waals surface area contributed by atoms with Crippen LogP contribution >= 0.6 is 0 Å². The summed E-state index contributed by atoms with van der Waals surface area (Å²) in [6.07, 6.45) is 0.236. The van der Waals surface area contributed by atoms with Crippen molar-refractivity contribution in [1.29, 1.82) is 0 Å². The highest BCUT2D eigenvalue weighted by atomic mass is 16.5. The summed E-state index contributed by atoms with van der Waals surface area (Å²) in [7, 11) is 0. The SMILES string of the molecule is CC(=O)c1c(O)c(C)c(O)c2c1OC1=CC(=O)/C(=C(/C)NCC(O)COC(C)C)C(=O)[C@@]12C. The van der Waals surface area contributed by atoms with E-state index in [4.69, 9.17) is 9.47 Å². The normalized spacial score (nSPS) is 21.9. The summed E-state index contributed by atoms with van der Waals surface area (Å²) in [6, 6.07) is 0.